The summed E-state index contributed by atoms with van der Waals surface area (Å²) in [5.41, 5.74) is 0.690. The lowest BCUT2D eigenvalue weighted by molar-refractivity contribution is 0.0606. The van der Waals surface area contributed by atoms with Crippen molar-refractivity contribution in [3.63, 3.8) is 0 Å². The van der Waals surface area contributed by atoms with Gasteiger partial charge in [0.25, 0.3) is 0 Å². The van der Waals surface area contributed by atoms with Crippen molar-refractivity contribution in [2.75, 3.05) is 13.1 Å². The van der Waals surface area contributed by atoms with Gasteiger partial charge in [-0.05, 0) is 77.0 Å². The molecular formula is C28H58N2. The summed E-state index contributed by atoms with van der Waals surface area (Å²) < 4.78 is 0. The molecule has 0 bridgehead atoms. The van der Waals surface area contributed by atoms with Gasteiger partial charge in [-0.3, -0.25) is 9.80 Å². The molecule has 2 aliphatic heterocycles. The SMILES string of the molecule is CCC1C(C)N(C(C)(C)C(C)C)C[C@@H]1C.CC[C@@H]1C(C)N(C(C)(C)C(C)C)C[C@H]1C. The first kappa shape index (κ1) is 28.0. The Morgan fingerprint density at radius 3 is 1.07 bits per heavy atom. The average molecular weight is 423 g/mol. The third-order valence-corrected chi connectivity index (χ3v) is 9.90. The van der Waals surface area contributed by atoms with E-state index >= 15 is 0 Å². The molecule has 0 radical (unpaired) electrons. The second kappa shape index (κ2) is 10.7. The van der Waals surface area contributed by atoms with E-state index in [2.05, 4.69) is 107 Å². The average Bonchev–Trinajstić information content (AvgIpc) is 3.10. The van der Waals surface area contributed by atoms with Gasteiger partial charge in [-0.2, -0.15) is 0 Å². The van der Waals surface area contributed by atoms with Crippen LogP contribution >= 0.6 is 0 Å². The van der Waals surface area contributed by atoms with Crippen molar-refractivity contribution in [1.82, 2.24) is 9.80 Å². The number of nitrogens with zero attached hydrogens (tertiary/aromatic N) is 2. The van der Waals surface area contributed by atoms with Gasteiger partial charge in [-0.1, -0.05) is 68.2 Å². The molecule has 3 unspecified atom stereocenters. The van der Waals surface area contributed by atoms with Gasteiger partial charge in [-0.15, -0.1) is 0 Å². The zero-order valence-corrected chi connectivity index (χ0v) is 23.3. The van der Waals surface area contributed by atoms with Crippen LogP contribution in [-0.2, 0) is 0 Å². The monoisotopic (exact) mass is 422 g/mol. The number of likely N-dealkylation sites (tertiary alicyclic amines) is 2. The van der Waals surface area contributed by atoms with E-state index in [-0.39, 0.29) is 0 Å². The van der Waals surface area contributed by atoms with Gasteiger partial charge in [0, 0.05) is 36.3 Å². The molecule has 0 saturated carbocycles. The molecule has 2 heterocycles. The van der Waals surface area contributed by atoms with Gasteiger partial charge < -0.3 is 0 Å². The minimum Gasteiger partial charge on any atom is -0.295 e. The minimum absolute atomic E-state index is 0.345. The van der Waals surface area contributed by atoms with Crippen LogP contribution in [0.15, 0.2) is 0 Å². The Labute approximate surface area is 191 Å². The first-order valence-corrected chi connectivity index (χ1v) is 13.2. The Bertz CT molecular complexity index is 461. The van der Waals surface area contributed by atoms with Crippen LogP contribution < -0.4 is 0 Å². The molecule has 180 valence electrons. The molecule has 2 rings (SSSR count). The van der Waals surface area contributed by atoms with E-state index in [4.69, 9.17) is 0 Å². The highest BCUT2D eigenvalue weighted by molar-refractivity contribution is 4.98. The lowest BCUT2D eigenvalue weighted by Crippen LogP contribution is -2.50. The van der Waals surface area contributed by atoms with Crippen LogP contribution in [0.2, 0.25) is 0 Å². The van der Waals surface area contributed by atoms with Crippen LogP contribution in [0.3, 0.4) is 0 Å². The van der Waals surface area contributed by atoms with Crippen molar-refractivity contribution in [1.29, 1.82) is 0 Å². The molecule has 0 aliphatic carbocycles. The predicted molar refractivity (Wildman–Crippen MR) is 136 cm³/mol. The highest BCUT2D eigenvalue weighted by Crippen LogP contribution is 2.40. The standard InChI is InChI=1S/2C14H29N/c2*1-8-13-11(4)9-15(12(13)5)14(6,7)10(2)3/h2*10-13H,8-9H2,1-7H3/t11-,12?,13?;11-,12?,13+/m01/s1. The fourth-order valence-corrected chi connectivity index (χ4v) is 6.31. The van der Waals surface area contributed by atoms with Crippen LogP contribution in [-0.4, -0.2) is 46.1 Å². The molecule has 2 nitrogen and oxygen atoms in total. The zero-order chi connectivity index (χ0) is 23.6. The van der Waals surface area contributed by atoms with E-state index in [0.717, 1.165) is 47.6 Å². The second-order valence-electron chi connectivity index (χ2n) is 12.5. The lowest BCUT2D eigenvalue weighted by atomic mass is 9.87. The Kier molecular flexibility index (Phi) is 9.96. The smallest absolute Gasteiger partial charge is 0.0179 e. The molecule has 2 aliphatic rings. The Balaban J connectivity index is 0.000000300. The van der Waals surface area contributed by atoms with Crippen LogP contribution in [0.1, 0.15) is 110 Å². The molecular weight excluding hydrogens is 364 g/mol. The highest BCUT2D eigenvalue weighted by Gasteiger charge is 2.44. The van der Waals surface area contributed by atoms with Crippen LogP contribution in [0.25, 0.3) is 0 Å². The van der Waals surface area contributed by atoms with Crippen molar-refractivity contribution in [3.05, 3.63) is 0 Å². The maximum atomic E-state index is 2.73. The number of hydrogen-bond donors (Lipinski definition) is 0. The fourth-order valence-electron chi connectivity index (χ4n) is 6.31. The summed E-state index contributed by atoms with van der Waals surface area (Å²) in [6.45, 7) is 35.9. The topological polar surface area (TPSA) is 6.48 Å². The summed E-state index contributed by atoms with van der Waals surface area (Å²) in [5, 5.41) is 0. The molecule has 2 heteroatoms. The third kappa shape index (κ3) is 5.64. The molecule has 6 atom stereocenters. The summed E-state index contributed by atoms with van der Waals surface area (Å²) in [5.74, 6) is 4.96. The fraction of sp³-hybridized carbons (Fsp3) is 1.00. The molecule has 30 heavy (non-hydrogen) atoms. The van der Waals surface area contributed by atoms with Crippen molar-refractivity contribution in [2.45, 2.75) is 133 Å². The van der Waals surface area contributed by atoms with E-state index in [1.54, 1.807) is 0 Å². The van der Waals surface area contributed by atoms with Crippen molar-refractivity contribution < 1.29 is 0 Å². The van der Waals surface area contributed by atoms with Crippen molar-refractivity contribution in [2.24, 2.45) is 35.5 Å². The van der Waals surface area contributed by atoms with Gasteiger partial charge in [0.05, 0.1) is 0 Å². The van der Waals surface area contributed by atoms with Gasteiger partial charge in [-0.25, -0.2) is 0 Å². The van der Waals surface area contributed by atoms with E-state index in [1.165, 1.54) is 25.9 Å². The first-order valence-electron chi connectivity index (χ1n) is 13.2. The van der Waals surface area contributed by atoms with Gasteiger partial charge in [0.1, 0.15) is 0 Å². The van der Waals surface area contributed by atoms with Gasteiger partial charge in [0.2, 0.25) is 0 Å². The molecule has 0 spiro atoms. The maximum absolute atomic E-state index is 2.73. The number of rotatable bonds is 6. The van der Waals surface area contributed by atoms with E-state index in [0.29, 0.717) is 11.1 Å². The molecule has 0 aromatic heterocycles. The van der Waals surface area contributed by atoms with Crippen molar-refractivity contribution in [3.8, 4) is 0 Å². The van der Waals surface area contributed by atoms with Gasteiger partial charge in [0.15, 0.2) is 0 Å². The molecule has 0 aromatic carbocycles. The van der Waals surface area contributed by atoms with Crippen LogP contribution in [0.5, 0.6) is 0 Å². The summed E-state index contributed by atoms with van der Waals surface area (Å²) in [6, 6.07) is 1.50. The Hall–Kier alpha value is -0.0800. The van der Waals surface area contributed by atoms with E-state index < -0.39 is 0 Å². The summed E-state index contributed by atoms with van der Waals surface area (Å²) in [4.78, 5) is 5.47. The zero-order valence-electron chi connectivity index (χ0n) is 23.3. The summed E-state index contributed by atoms with van der Waals surface area (Å²) >= 11 is 0. The lowest BCUT2D eigenvalue weighted by Gasteiger charge is -2.42. The molecule has 0 amide bonds. The largest absolute Gasteiger partial charge is 0.295 e. The third-order valence-electron chi connectivity index (χ3n) is 9.90. The predicted octanol–water partition coefficient (Wildman–Crippen LogP) is 7.57. The molecule has 0 N–H and O–H groups in total. The van der Waals surface area contributed by atoms with Crippen LogP contribution in [0.4, 0.5) is 0 Å². The van der Waals surface area contributed by atoms with Gasteiger partial charge >= 0.3 is 0 Å². The van der Waals surface area contributed by atoms with E-state index in [9.17, 15) is 0 Å². The molecule has 2 saturated heterocycles. The summed E-state index contributed by atoms with van der Waals surface area (Å²) in [7, 11) is 0. The minimum atomic E-state index is 0.345. The molecule has 0 aromatic rings. The summed E-state index contributed by atoms with van der Waals surface area (Å²) in [6.07, 6.45) is 2.65. The normalized spacial score (nSPS) is 34.0. The van der Waals surface area contributed by atoms with Crippen molar-refractivity contribution >= 4 is 0 Å². The Morgan fingerprint density at radius 2 is 0.900 bits per heavy atom. The number of hydrogen-bond acceptors (Lipinski definition) is 2. The highest BCUT2D eigenvalue weighted by atomic mass is 15.3. The molecule has 2 fully saturated rings. The second-order valence-corrected chi connectivity index (χ2v) is 12.5. The quantitative estimate of drug-likeness (QED) is 0.435. The first-order chi connectivity index (χ1) is 13.6. The Morgan fingerprint density at radius 1 is 0.633 bits per heavy atom. The maximum Gasteiger partial charge on any atom is 0.0179 e. The van der Waals surface area contributed by atoms with E-state index in [1.807, 2.05) is 0 Å². The van der Waals surface area contributed by atoms with Crippen LogP contribution in [0, 0.1) is 35.5 Å².